The molecule has 0 aliphatic heterocycles. The molecule has 5 heteroatoms. The Labute approximate surface area is 135 Å². The summed E-state index contributed by atoms with van der Waals surface area (Å²) < 4.78 is 9.63. The Kier molecular flexibility index (Phi) is 5.63. The maximum absolute atomic E-state index is 11.0. The highest BCUT2D eigenvalue weighted by molar-refractivity contribution is 5.86. The lowest BCUT2D eigenvalue weighted by Crippen LogP contribution is -2.00. The fourth-order valence-corrected chi connectivity index (χ4v) is 2.02. The van der Waals surface area contributed by atoms with Gasteiger partial charge in [0.25, 0.3) is 0 Å². The first kappa shape index (κ1) is 16.4. The molecule has 0 unspecified atom stereocenters. The molecule has 2 aromatic rings. The minimum Gasteiger partial charge on any atom is -0.504 e. The van der Waals surface area contributed by atoms with Crippen LogP contribution in [0.4, 0.5) is 5.69 Å². The van der Waals surface area contributed by atoms with Crippen molar-refractivity contribution in [1.82, 2.24) is 0 Å². The van der Waals surface area contributed by atoms with E-state index in [0.29, 0.717) is 12.3 Å². The second kappa shape index (κ2) is 7.89. The Morgan fingerprint density at radius 3 is 2.57 bits per heavy atom. The first-order valence-electron chi connectivity index (χ1n) is 7.09. The number of carbonyl (C=O) groups excluding carboxylic acids is 1. The van der Waals surface area contributed by atoms with E-state index in [1.165, 1.54) is 20.3 Å². The maximum atomic E-state index is 11.0. The largest absolute Gasteiger partial charge is 0.504 e. The fourth-order valence-electron chi connectivity index (χ4n) is 2.02. The topological polar surface area (TPSA) is 67.8 Å². The van der Waals surface area contributed by atoms with Crippen molar-refractivity contribution < 1.29 is 19.4 Å². The number of hydrogen-bond acceptors (Lipinski definition) is 5. The van der Waals surface area contributed by atoms with Gasteiger partial charge in [0.15, 0.2) is 11.5 Å². The lowest BCUT2D eigenvalue weighted by atomic mass is 10.1. The Hall–Kier alpha value is -2.95. The Morgan fingerprint density at radius 2 is 1.91 bits per heavy atom. The highest BCUT2D eigenvalue weighted by Crippen LogP contribution is 2.29. The third kappa shape index (κ3) is 4.51. The highest BCUT2D eigenvalue weighted by atomic mass is 16.5. The Balaban J connectivity index is 1.99. The summed E-state index contributed by atoms with van der Waals surface area (Å²) in [5, 5.41) is 13.3. The molecule has 0 heterocycles. The number of aromatic hydroxyl groups is 1. The zero-order valence-electron chi connectivity index (χ0n) is 13.1. The van der Waals surface area contributed by atoms with Gasteiger partial charge in [0.1, 0.15) is 0 Å². The molecule has 0 aliphatic carbocycles. The van der Waals surface area contributed by atoms with Crippen molar-refractivity contribution in [2.24, 2.45) is 0 Å². The summed E-state index contributed by atoms with van der Waals surface area (Å²) in [6.45, 7) is 0.473. The number of carbonyl (C=O) groups is 1. The quantitative estimate of drug-likeness (QED) is 0.633. The molecular formula is C18H19NO4. The molecule has 120 valence electrons. The molecule has 0 atom stereocenters. The minimum absolute atomic E-state index is 0.139. The number of para-hydroxylation sites is 1. The Morgan fingerprint density at radius 1 is 1.17 bits per heavy atom. The standard InChI is InChI=1S/C18H19NO4/c1-22-16-5-3-4-14(18(16)21)12-19-15-9-6-13(7-10-15)8-11-17(20)23-2/h3-11,19,21H,12H2,1-2H3/b11-8+. The van der Waals surface area contributed by atoms with Crippen LogP contribution in [-0.4, -0.2) is 25.3 Å². The molecule has 0 fully saturated rings. The van der Waals surface area contributed by atoms with Crippen LogP contribution in [-0.2, 0) is 16.1 Å². The van der Waals surface area contributed by atoms with Gasteiger partial charge >= 0.3 is 5.97 Å². The zero-order chi connectivity index (χ0) is 16.7. The lowest BCUT2D eigenvalue weighted by Gasteiger charge is -2.10. The van der Waals surface area contributed by atoms with Crippen molar-refractivity contribution in [3.8, 4) is 11.5 Å². The summed E-state index contributed by atoms with van der Waals surface area (Å²) in [7, 11) is 2.86. The van der Waals surface area contributed by atoms with E-state index in [-0.39, 0.29) is 11.7 Å². The van der Waals surface area contributed by atoms with Crippen LogP contribution in [0.2, 0.25) is 0 Å². The Bertz CT molecular complexity index is 693. The SMILES string of the molecule is COC(=O)/C=C/c1ccc(NCc2cccc(OC)c2O)cc1. The van der Waals surface area contributed by atoms with E-state index in [4.69, 9.17) is 4.74 Å². The molecule has 23 heavy (non-hydrogen) atoms. The summed E-state index contributed by atoms with van der Waals surface area (Å²) in [6, 6.07) is 12.9. The van der Waals surface area contributed by atoms with Gasteiger partial charge in [0, 0.05) is 23.9 Å². The number of rotatable bonds is 6. The van der Waals surface area contributed by atoms with Crippen LogP contribution in [0.5, 0.6) is 11.5 Å². The summed E-state index contributed by atoms with van der Waals surface area (Å²) in [6.07, 6.45) is 3.06. The van der Waals surface area contributed by atoms with Crippen molar-refractivity contribution in [1.29, 1.82) is 0 Å². The lowest BCUT2D eigenvalue weighted by molar-refractivity contribution is -0.134. The second-order valence-electron chi connectivity index (χ2n) is 4.80. The monoisotopic (exact) mass is 313 g/mol. The van der Waals surface area contributed by atoms with Crippen molar-refractivity contribution in [2.75, 3.05) is 19.5 Å². The zero-order valence-corrected chi connectivity index (χ0v) is 13.1. The summed E-state index contributed by atoms with van der Waals surface area (Å²) in [5.41, 5.74) is 2.55. The van der Waals surface area contributed by atoms with Gasteiger partial charge in [-0.25, -0.2) is 4.79 Å². The van der Waals surface area contributed by atoms with Crippen LogP contribution < -0.4 is 10.1 Å². The van der Waals surface area contributed by atoms with Crippen LogP contribution in [0.15, 0.2) is 48.5 Å². The number of phenolic OH excluding ortho intramolecular Hbond substituents is 1. The smallest absolute Gasteiger partial charge is 0.330 e. The van der Waals surface area contributed by atoms with E-state index in [1.807, 2.05) is 36.4 Å². The average Bonchev–Trinajstić information content (AvgIpc) is 2.59. The molecule has 0 spiro atoms. The van der Waals surface area contributed by atoms with Crippen LogP contribution >= 0.6 is 0 Å². The first-order valence-corrected chi connectivity index (χ1v) is 7.09. The number of phenols is 1. The molecule has 0 aliphatic rings. The molecule has 0 aromatic heterocycles. The van der Waals surface area contributed by atoms with E-state index < -0.39 is 0 Å². The fraction of sp³-hybridized carbons (Fsp3) is 0.167. The highest BCUT2D eigenvalue weighted by Gasteiger charge is 2.06. The van der Waals surface area contributed by atoms with Crippen LogP contribution in [0.3, 0.4) is 0 Å². The van der Waals surface area contributed by atoms with Gasteiger partial charge in [-0.15, -0.1) is 0 Å². The molecule has 2 N–H and O–H groups in total. The molecular weight excluding hydrogens is 294 g/mol. The predicted molar refractivity (Wildman–Crippen MR) is 89.5 cm³/mol. The second-order valence-corrected chi connectivity index (χ2v) is 4.80. The first-order chi connectivity index (χ1) is 11.1. The van der Waals surface area contributed by atoms with Crippen LogP contribution in [0.1, 0.15) is 11.1 Å². The van der Waals surface area contributed by atoms with Gasteiger partial charge in [0.2, 0.25) is 0 Å². The molecule has 0 bridgehead atoms. The number of esters is 1. The van der Waals surface area contributed by atoms with E-state index in [2.05, 4.69) is 10.1 Å². The molecule has 0 radical (unpaired) electrons. The normalized spacial score (nSPS) is 10.5. The third-order valence-corrected chi connectivity index (χ3v) is 3.31. The number of anilines is 1. The average molecular weight is 313 g/mol. The van der Waals surface area contributed by atoms with Crippen LogP contribution in [0, 0.1) is 0 Å². The van der Waals surface area contributed by atoms with Gasteiger partial charge in [-0.2, -0.15) is 0 Å². The number of hydrogen-bond donors (Lipinski definition) is 2. The maximum Gasteiger partial charge on any atom is 0.330 e. The predicted octanol–water partition coefficient (Wildman–Crippen LogP) is 3.20. The molecule has 0 saturated heterocycles. The van der Waals surface area contributed by atoms with Gasteiger partial charge in [-0.3, -0.25) is 0 Å². The molecule has 0 saturated carbocycles. The van der Waals surface area contributed by atoms with Gasteiger partial charge in [-0.05, 0) is 29.8 Å². The van der Waals surface area contributed by atoms with E-state index in [9.17, 15) is 9.90 Å². The minimum atomic E-state index is -0.388. The summed E-state index contributed by atoms with van der Waals surface area (Å²) >= 11 is 0. The van der Waals surface area contributed by atoms with Crippen molar-refractivity contribution >= 4 is 17.7 Å². The van der Waals surface area contributed by atoms with E-state index in [1.54, 1.807) is 12.1 Å². The van der Waals surface area contributed by atoms with Crippen molar-refractivity contribution in [3.05, 3.63) is 59.7 Å². The van der Waals surface area contributed by atoms with Crippen molar-refractivity contribution in [3.63, 3.8) is 0 Å². The molecule has 2 aromatic carbocycles. The number of ether oxygens (including phenoxy) is 2. The van der Waals surface area contributed by atoms with Crippen molar-refractivity contribution in [2.45, 2.75) is 6.54 Å². The molecule has 2 rings (SSSR count). The van der Waals surface area contributed by atoms with Crippen LogP contribution in [0.25, 0.3) is 6.08 Å². The summed E-state index contributed by atoms with van der Waals surface area (Å²) in [5.74, 6) is 0.202. The van der Waals surface area contributed by atoms with Gasteiger partial charge < -0.3 is 19.9 Å². The van der Waals surface area contributed by atoms with E-state index in [0.717, 1.165) is 16.8 Å². The van der Waals surface area contributed by atoms with E-state index >= 15 is 0 Å². The molecule has 5 nitrogen and oxygen atoms in total. The summed E-state index contributed by atoms with van der Waals surface area (Å²) in [4.78, 5) is 11.0. The number of methoxy groups -OCH3 is 2. The van der Waals surface area contributed by atoms with Gasteiger partial charge in [0.05, 0.1) is 14.2 Å². The molecule has 0 amide bonds. The number of nitrogens with one attached hydrogen (secondary N) is 1. The number of benzene rings is 2. The van der Waals surface area contributed by atoms with Gasteiger partial charge in [-0.1, -0.05) is 24.3 Å². The third-order valence-electron chi connectivity index (χ3n) is 3.31.